The Morgan fingerprint density at radius 2 is 1.84 bits per heavy atom. The molecule has 0 saturated carbocycles. The van der Waals surface area contributed by atoms with Crippen molar-refractivity contribution in [3.63, 3.8) is 0 Å². The molecular formula is C23H16FN3O4. The van der Waals surface area contributed by atoms with Crippen LogP contribution >= 0.6 is 0 Å². The third-order valence-electron chi connectivity index (χ3n) is 4.72. The molecule has 4 aromatic rings. The Bertz CT molecular complexity index is 1280. The number of hydrogen-bond acceptors (Lipinski definition) is 5. The number of oxazole rings is 1. The van der Waals surface area contributed by atoms with Gasteiger partial charge in [-0.05, 0) is 48.9 Å². The number of carbonyl (C=O) groups excluding carboxylic acids is 1. The minimum absolute atomic E-state index is 0.120. The molecule has 7 nitrogen and oxygen atoms in total. The molecule has 1 N–H and O–H groups in total. The summed E-state index contributed by atoms with van der Waals surface area (Å²) < 4.78 is 19.0. The summed E-state index contributed by atoms with van der Waals surface area (Å²) in [6, 6.07) is 16.8. The van der Waals surface area contributed by atoms with Gasteiger partial charge in [0, 0.05) is 23.3 Å². The summed E-state index contributed by atoms with van der Waals surface area (Å²) in [4.78, 5) is 27.8. The predicted octanol–water partition coefficient (Wildman–Crippen LogP) is 5.62. The van der Waals surface area contributed by atoms with Crippen LogP contribution in [-0.2, 0) is 0 Å². The van der Waals surface area contributed by atoms with Crippen LogP contribution in [0.1, 0.15) is 15.9 Å². The number of carbonyl (C=O) groups is 1. The smallest absolute Gasteiger partial charge is 0.271 e. The van der Waals surface area contributed by atoms with Gasteiger partial charge < -0.3 is 9.73 Å². The van der Waals surface area contributed by atoms with E-state index in [-0.39, 0.29) is 17.4 Å². The highest BCUT2D eigenvalue weighted by Crippen LogP contribution is 2.29. The van der Waals surface area contributed by atoms with Crippen molar-refractivity contribution < 1.29 is 18.5 Å². The number of aryl methyl sites for hydroxylation is 1. The van der Waals surface area contributed by atoms with Crippen molar-refractivity contribution in [3.05, 3.63) is 100.0 Å². The fraction of sp³-hybridized carbons (Fsp3) is 0.0435. The van der Waals surface area contributed by atoms with E-state index in [1.54, 1.807) is 49.4 Å². The van der Waals surface area contributed by atoms with Gasteiger partial charge in [0.2, 0.25) is 5.89 Å². The number of benzene rings is 3. The largest absolute Gasteiger partial charge is 0.436 e. The quantitative estimate of drug-likeness (QED) is 0.336. The minimum atomic E-state index is -0.521. The maximum atomic E-state index is 13.2. The van der Waals surface area contributed by atoms with Crippen molar-refractivity contribution in [1.82, 2.24) is 4.98 Å². The van der Waals surface area contributed by atoms with Gasteiger partial charge in [0.05, 0.1) is 22.4 Å². The van der Waals surface area contributed by atoms with Crippen LogP contribution in [0.25, 0.3) is 22.8 Å². The summed E-state index contributed by atoms with van der Waals surface area (Å²) >= 11 is 0. The maximum absolute atomic E-state index is 13.2. The molecular weight excluding hydrogens is 401 g/mol. The summed E-state index contributed by atoms with van der Waals surface area (Å²) in [5.41, 5.74) is 2.30. The summed E-state index contributed by atoms with van der Waals surface area (Å²) in [6.07, 6.45) is 1.50. The highest BCUT2D eigenvalue weighted by Gasteiger charge is 2.18. The third-order valence-corrected chi connectivity index (χ3v) is 4.72. The van der Waals surface area contributed by atoms with Crippen LogP contribution in [0.3, 0.4) is 0 Å². The highest BCUT2D eigenvalue weighted by molar-refractivity contribution is 6.08. The first-order valence-corrected chi connectivity index (χ1v) is 9.30. The molecule has 0 aliphatic heterocycles. The molecule has 0 atom stereocenters. The van der Waals surface area contributed by atoms with Crippen molar-refractivity contribution in [2.45, 2.75) is 6.92 Å². The van der Waals surface area contributed by atoms with Crippen molar-refractivity contribution in [2.75, 3.05) is 5.32 Å². The van der Waals surface area contributed by atoms with E-state index in [2.05, 4.69) is 10.3 Å². The van der Waals surface area contributed by atoms with Gasteiger partial charge in [-0.3, -0.25) is 14.9 Å². The predicted molar refractivity (Wildman–Crippen MR) is 113 cm³/mol. The van der Waals surface area contributed by atoms with Crippen LogP contribution in [0.4, 0.5) is 15.8 Å². The zero-order chi connectivity index (χ0) is 22.0. The number of halogens is 1. The fourth-order valence-electron chi connectivity index (χ4n) is 3.06. The molecule has 0 aliphatic rings. The Hall–Kier alpha value is -4.33. The number of aromatic nitrogens is 1. The van der Waals surface area contributed by atoms with E-state index in [9.17, 15) is 19.3 Å². The zero-order valence-corrected chi connectivity index (χ0v) is 16.3. The third kappa shape index (κ3) is 4.18. The topological polar surface area (TPSA) is 98.3 Å². The second-order valence-corrected chi connectivity index (χ2v) is 6.79. The summed E-state index contributed by atoms with van der Waals surface area (Å²) in [5, 5.41) is 13.8. The van der Waals surface area contributed by atoms with E-state index in [1.807, 2.05) is 0 Å². The number of rotatable bonds is 5. The van der Waals surface area contributed by atoms with Gasteiger partial charge >= 0.3 is 0 Å². The SMILES string of the molecule is Cc1ccc([N+](=O)[O-])cc1NC(=O)c1ccccc1-c1ncc(-c2ccc(F)cc2)o1. The molecule has 3 aromatic carbocycles. The molecule has 1 amide bonds. The Morgan fingerprint density at radius 1 is 1.10 bits per heavy atom. The second-order valence-electron chi connectivity index (χ2n) is 6.79. The van der Waals surface area contributed by atoms with Crippen LogP contribution in [0.5, 0.6) is 0 Å². The first kappa shape index (κ1) is 20.0. The zero-order valence-electron chi connectivity index (χ0n) is 16.3. The van der Waals surface area contributed by atoms with E-state index >= 15 is 0 Å². The van der Waals surface area contributed by atoms with Gasteiger partial charge in [-0.25, -0.2) is 9.37 Å². The van der Waals surface area contributed by atoms with E-state index in [1.165, 1.54) is 30.5 Å². The number of non-ortho nitro benzene ring substituents is 1. The van der Waals surface area contributed by atoms with E-state index in [0.717, 1.165) is 0 Å². The molecule has 154 valence electrons. The summed E-state index contributed by atoms with van der Waals surface area (Å²) in [7, 11) is 0. The van der Waals surface area contributed by atoms with Gasteiger partial charge in [0.15, 0.2) is 5.76 Å². The number of nitro groups is 1. The van der Waals surface area contributed by atoms with Crippen molar-refractivity contribution >= 4 is 17.3 Å². The first-order valence-electron chi connectivity index (χ1n) is 9.30. The van der Waals surface area contributed by atoms with Gasteiger partial charge in [-0.2, -0.15) is 0 Å². The summed E-state index contributed by atoms with van der Waals surface area (Å²) in [5.74, 6) is -0.164. The molecule has 31 heavy (non-hydrogen) atoms. The van der Waals surface area contributed by atoms with Gasteiger partial charge in [0.1, 0.15) is 5.82 Å². The van der Waals surface area contributed by atoms with E-state index in [4.69, 9.17) is 4.42 Å². The average Bonchev–Trinajstić information content (AvgIpc) is 3.25. The molecule has 0 saturated heterocycles. The van der Waals surface area contributed by atoms with Crippen molar-refractivity contribution in [1.29, 1.82) is 0 Å². The maximum Gasteiger partial charge on any atom is 0.271 e. The van der Waals surface area contributed by atoms with Crippen molar-refractivity contribution in [2.24, 2.45) is 0 Å². The van der Waals surface area contributed by atoms with E-state index in [0.29, 0.717) is 33.7 Å². The molecule has 0 radical (unpaired) electrons. The molecule has 8 heteroatoms. The Morgan fingerprint density at radius 3 is 2.58 bits per heavy atom. The Balaban J connectivity index is 1.65. The molecule has 4 rings (SSSR count). The van der Waals surface area contributed by atoms with Crippen LogP contribution in [0, 0.1) is 22.9 Å². The normalized spacial score (nSPS) is 10.6. The lowest BCUT2D eigenvalue weighted by atomic mass is 10.1. The van der Waals surface area contributed by atoms with Crippen LogP contribution in [0.2, 0.25) is 0 Å². The highest BCUT2D eigenvalue weighted by atomic mass is 19.1. The second kappa shape index (κ2) is 8.19. The molecule has 0 fully saturated rings. The molecule has 0 aliphatic carbocycles. The molecule has 1 aromatic heterocycles. The lowest BCUT2D eigenvalue weighted by Gasteiger charge is -2.10. The average molecular weight is 417 g/mol. The molecule has 0 unspecified atom stereocenters. The monoisotopic (exact) mass is 417 g/mol. The standard InChI is InChI=1S/C23H16FN3O4/c1-14-6-11-17(27(29)30)12-20(14)26-22(28)18-4-2-3-5-19(18)23-25-13-21(31-23)15-7-9-16(24)10-8-15/h2-13H,1H3,(H,26,28). The number of anilines is 1. The molecule has 0 spiro atoms. The lowest BCUT2D eigenvalue weighted by molar-refractivity contribution is -0.384. The van der Waals surface area contributed by atoms with Crippen LogP contribution in [0.15, 0.2) is 77.3 Å². The molecule has 0 bridgehead atoms. The number of amides is 1. The number of nitrogens with zero attached hydrogens (tertiary/aromatic N) is 2. The van der Waals surface area contributed by atoms with E-state index < -0.39 is 10.8 Å². The number of nitro benzene ring substituents is 1. The number of hydrogen-bond donors (Lipinski definition) is 1. The summed E-state index contributed by atoms with van der Waals surface area (Å²) in [6.45, 7) is 1.74. The first-order chi connectivity index (χ1) is 14.9. The molecule has 1 heterocycles. The van der Waals surface area contributed by atoms with Crippen LogP contribution in [-0.4, -0.2) is 15.8 Å². The minimum Gasteiger partial charge on any atom is -0.436 e. The Kier molecular flexibility index (Phi) is 5.28. The fourth-order valence-corrected chi connectivity index (χ4v) is 3.06. The Labute approximate surface area is 176 Å². The van der Waals surface area contributed by atoms with Gasteiger partial charge in [-0.15, -0.1) is 0 Å². The lowest BCUT2D eigenvalue weighted by Crippen LogP contribution is -2.14. The number of nitrogens with one attached hydrogen (secondary N) is 1. The van der Waals surface area contributed by atoms with Crippen molar-refractivity contribution in [3.8, 4) is 22.8 Å². The van der Waals surface area contributed by atoms with Gasteiger partial charge in [0.25, 0.3) is 11.6 Å². The van der Waals surface area contributed by atoms with Crippen LogP contribution < -0.4 is 5.32 Å². The van der Waals surface area contributed by atoms with Gasteiger partial charge in [-0.1, -0.05) is 18.2 Å².